The molecule has 2 heterocycles. The van der Waals surface area contributed by atoms with E-state index in [1.807, 2.05) is 9.80 Å². The lowest BCUT2D eigenvalue weighted by atomic mass is 10.2. The van der Waals surface area contributed by atoms with Gasteiger partial charge in [-0.25, -0.2) is 4.79 Å². The van der Waals surface area contributed by atoms with Gasteiger partial charge in [-0.2, -0.15) is 0 Å². The van der Waals surface area contributed by atoms with Crippen LogP contribution < -0.4 is 0 Å². The van der Waals surface area contributed by atoms with E-state index in [0.29, 0.717) is 39.4 Å². The summed E-state index contributed by atoms with van der Waals surface area (Å²) in [5.41, 5.74) is 0. The number of amides is 2. The summed E-state index contributed by atoms with van der Waals surface area (Å²) in [5, 5.41) is 8.70. The van der Waals surface area contributed by atoms with Crippen LogP contribution in [-0.4, -0.2) is 90.3 Å². The van der Waals surface area contributed by atoms with Crippen molar-refractivity contribution in [2.75, 3.05) is 52.5 Å². The lowest BCUT2D eigenvalue weighted by Crippen LogP contribution is -2.57. The first-order valence-electron chi connectivity index (χ1n) is 7.69. The first kappa shape index (κ1) is 16.0. The van der Waals surface area contributed by atoms with Crippen molar-refractivity contribution in [3.05, 3.63) is 0 Å². The van der Waals surface area contributed by atoms with Gasteiger partial charge in [0, 0.05) is 39.3 Å². The number of rotatable bonds is 4. The third-order valence-corrected chi connectivity index (χ3v) is 4.23. The number of carboxylic acid groups (broad SMARTS) is 1. The van der Waals surface area contributed by atoms with Gasteiger partial charge >= 0.3 is 12.0 Å². The Labute approximate surface area is 125 Å². The Hall–Kier alpha value is -1.34. The number of hydrogen-bond acceptors (Lipinski definition) is 4. The topological polar surface area (TPSA) is 73.3 Å². The van der Waals surface area contributed by atoms with Gasteiger partial charge in [-0.05, 0) is 6.42 Å². The Morgan fingerprint density at radius 2 is 1.90 bits per heavy atom. The van der Waals surface area contributed by atoms with Gasteiger partial charge in [-0.3, -0.25) is 9.69 Å². The second-order valence-electron chi connectivity index (χ2n) is 5.59. The molecule has 0 spiro atoms. The SMILES string of the molecule is CCC1COCCN1C(=O)N1CCN(CCC(=O)O)CC1. The Morgan fingerprint density at radius 3 is 2.52 bits per heavy atom. The minimum atomic E-state index is -0.771. The molecule has 2 amide bonds. The van der Waals surface area contributed by atoms with Gasteiger partial charge in [0.2, 0.25) is 0 Å². The zero-order valence-corrected chi connectivity index (χ0v) is 12.7. The largest absolute Gasteiger partial charge is 0.481 e. The highest BCUT2D eigenvalue weighted by atomic mass is 16.5. The summed E-state index contributed by atoms with van der Waals surface area (Å²) in [6, 6.07) is 0.277. The molecule has 1 atom stereocenters. The van der Waals surface area contributed by atoms with Crippen LogP contribution in [0, 0.1) is 0 Å². The predicted octanol–water partition coefficient (Wildman–Crippen LogP) is 0.310. The smallest absolute Gasteiger partial charge is 0.320 e. The number of ether oxygens (including phenoxy) is 1. The Balaban J connectivity index is 1.80. The van der Waals surface area contributed by atoms with E-state index < -0.39 is 5.97 Å². The number of aliphatic carboxylic acids is 1. The summed E-state index contributed by atoms with van der Waals surface area (Å²) >= 11 is 0. The average molecular weight is 299 g/mol. The van der Waals surface area contributed by atoms with Crippen LogP contribution in [0.25, 0.3) is 0 Å². The summed E-state index contributed by atoms with van der Waals surface area (Å²) in [6.07, 6.45) is 1.07. The van der Waals surface area contributed by atoms with Gasteiger partial charge < -0.3 is 19.6 Å². The van der Waals surface area contributed by atoms with E-state index in [1.165, 1.54) is 0 Å². The molecule has 0 saturated carbocycles. The molecule has 7 nitrogen and oxygen atoms in total. The number of urea groups is 1. The summed E-state index contributed by atoms with van der Waals surface area (Å²) in [4.78, 5) is 29.1. The van der Waals surface area contributed by atoms with E-state index in [4.69, 9.17) is 9.84 Å². The zero-order valence-electron chi connectivity index (χ0n) is 12.7. The number of carbonyl (C=O) groups is 2. The van der Waals surface area contributed by atoms with Gasteiger partial charge in [0.1, 0.15) is 0 Å². The third-order valence-electron chi connectivity index (χ3n) is 4.23. The van der Waals surface area contributed by atoms with Crippen molar-refractivity contribution < 1.29 is 19.4 Å². The molecule has 0 radical (unpaired) electrons. The molecule has 120 valence electrons. The molecular weight excluding hydrogens is 274 g/mol. The molecule has 0 aromatic rings. The summed E-state index contributed by atoms with van der Waals surface area (Å²) in [7, 11) is 0. The maximum Gasteiger partial charge on any atom is 0.320 e. The van der Waals surface area contributed by atoms with Crippen LogP contribution in [-0.2, 0) is 9.53 Å². The predicted molar refractivity (Wildman–Crippen MR) is 77.3 cm³/mol. The van der Waals surface area contributed by atoms with Crippen LogP contribution in [0.2, 0.25) is 0 Å². The van der Waals surface area contributed by atoms with E-state index in [2.05, 4.69) is 11.8 Å². The Kier molecular flexibility index (Phi) is 5.81. The number of carboxylic acids is 1. The van der Waals surface area contributed by atoms with Crippen LogP contribution in [0.15, 0.2) is 0 Å². The van der Waals surface area contributed by atoms with Crippen molar-refractivity contribution >= 4 is 12.0 Å². The van der Waals surface area contributed by atoms with Crippen molar-refractivity contribution in [2.45, 2.75) is 25.8 Å². The highest BCUT2D eigenvalue weighted by Gasteiger charge is 2.31. The molecular formula is C14H25N3O4. The normalized spacial score (nSPS) is 24.1. The summed E-state index contributed by atoms with van der Waals surface area (Å²) in [5.74, 6) is -0.771. The molecule has 0 aromatic heterocycles. The number of carbonyl (C=O) groups excluding carboxylic acids is 1. The van der Waals surface area contributed by atoms with E-state index in [-0.39, 0.29) is 18.5 Å². The van der Waals surface area contributed by atoms with E-state index in [9.17, 15) is 9.59 Å². The van der Waals surface area contributed by atoms with Gasteiger partial charge in [0.25, 0.3) is 0 Å². The molecule has 0 bridgehead atoms. The maximum absolute atomic E-state index is 12.6. The van der Waals surface area contributed by atoms with Gasteiger partial charge in [0.15, 0.2) is 0 Å². The lowest BCUT2D eigenvalue weighted by Gasteiger charge is -2.41. The minimum absolute atomic E-state index is 0.100. The number of hydrogen-bond donors (Lipinski definition) is 1. The van der Waals surface area contributed by atoms with Crippen molar-refractivity contribution in [2.24, 2.45) is 0 Å². The molecule has 2 aliphatic rings. The van der Waals surface area contributed by atoms with Crippen LogP contribution in [0.3, 0.4) is 0 Å². The van der Waals surface area contributed by atoms with Gasteiger partial charge in [0.05, 0.1) is 25.7 Å². The van der Waals surface area contributed by atoms with E-state index in [1.54, 1.807) is 0 Å². The lowest BCUT2D eigenvalue weighted by molar-refractivity contribution is -0.137. The van der Waals surface area contributed by atoms with E-state index >= 15 is 0 Å². The molecule has 7 heteroatoms. The maximum atomic E-state index is 12.6. The first-order valence-corrected chi connectivity index (χ1v) is 7.69. The number of piperazine rings is 1. The standard InChI is InChI=1S/C14H25N3O4/c1-2-12-11-21-10-9-17(12)14(20)16-7-5-15(6-8-16)4-3-13(18)19/h12H,2-11H2,1H3,(H,18,19). The van der Waals surface area contributed by atoms with Crippen molar-refractivity contribution in [1.29, 1.82) is 0 Å². The fraction of sp³-hybridized carbons (Fsp3) is 0.857. The fourth-order valence-corrected chi connectivity index (χ4v) is 2.84. The van der Waals surface area contributed by atoms with Crippen LogP contribution in [0.1, 0.15) is 19.8 Å². The van der Waals surface area contributed by atoms with Crippen molar-refractivity contribution in [3.63, 3.8) is 0 Å². The minimum Gasteiger partial charge on any atom is -0.481 e. The van der Waals surface area contributed by atoms with Gasteiger partial charge in [-0.15, -0.1) is 0 Å². The third kappa shape index (κ3) is 4.31. The molecule has 1 N–H and O–H groups in total. The van der Waals surface area contributed by atoms with E-state index in [0.717, 1.165) is 19.5 Å². The molecule has 0 aromatic carbocycles. The molecule has 1 unspecified atom stereocenters. The molecule has 2 fully saturated rings. The average Bonchev–Trinajstić information content (AvgIpc) is 2.52. The second-order valence-corrected chi connectivity index (χ2v) is 5.59. The molecule has 2 rings (SSSR count). The monoisotopic (exact) mass is 299 g/mol. The highest BCUT2D eigenvalue weighted by molar-refractivity contribution is 5.75. The number of morpholine rings is 1. The fourth-order valence-electron chi connectivity index (χ4n) is 2.84. The summed E-state index contributed by atoms with van der Waals surface area (Å²) in [6.45, 7) is 7.38. The Morgan fingerprint density at radius 1 is 1.19 bits per heavy atom. The first-order chi connectivity index (χ1) is 10.1. The van der Waals surface area contributed by atoms with Crippen LogP contribution in [0.5, 0.6) is 0 Å². The van der Waals surface area contributed by atoms with Crippen LogP contribution >= 0.6 is 0 Å². The highest BCUT2D eigenvalue weighted by Crippen LogP contribution is 2.14. The molecule has 2 saturated heterocycles. The van der Waals surface area contributed by atoms with Crippen molar-refractivity contribution in [1.82, 2.24) is 14.7 Å². The number of nitrogens with zero attached hydrogens (tertiary/aromatic N) is 3. The quantitative estimate of drug-likeness (QED) is 0.809. The van der Waals surface area contributed by atoms with Gasteiger partial charge in [-0.1, -0.05) is 6.92 Å². The second kappa shape index (κ2) is 7.61. The summed E-state index contributed by atoms with van der Waals surface area (Å²) < 4.78 is 5.44. The molecule has 21 heavy (non-hydrogen) atoms. The van der Waals surface area contributed by atoms with Crippen molar-refractivity contribution in [3.8, 4) is 0 Å². The zero-order chi connectivity index (χ0) is 15.2. The molecule has 2 aliphatic heterocycles. The molecule has 0 aliphatic carbocycles. The van der Waals surface area contributed by atoms with Crippen LogP contribution in [0.4, 0.5) is 4.79 Å². The Bertz CT molecular complexity index is 369.